The molecule has 1 aliphatic rings. The van der Waals surface area contributed by atoms with E-state index in [1.807, 2.05) is 18.2 Å². The summed E-state index contributed by atoms with van der Waals surface area (Å²) in [5.74, 6) is -0.808. The number of ether oxygens (including phenoxy) is 1. The number of amides is 1. The van der Waals surface area contributed by atoms with Gasteiger partial charge >= 0.3 is 0 Å². The Labute approximate surface area is 212 Å². The van der Waals surface area contributed by atoms with Gasteiger partial charge in [0.2, 0.25) is 5.88 Å². The Hall–Kier alpha value is -3.65. The van der Waals surface area contributed by atoms with E-state index in [2.05, 4.69) is 4.98 Å². The topological polar surface area (TPSA) is 90.0 Å². The van der Waals surface area contributed by atoms with Crippen LogP contribution in [0.4, 0.5) is 4.39 Å². The van der Waals surface area contributed by atoms with Crippen molar-refractivity contribution in [2.24, 2.45) is 5.92 Å². The van der Waals surface area contributed by atoms with Crippen LogP contribution in [0.25, 0.3) is 0 Å². The maximum Gasteiger partial charge on any atom is 0.256 e. The zero-order valence-corrected chi connectivity index (χ0v) is 19.9. The Kier molecular flexibility index (Phi) is 7.51. The van der Waals surface area contributed by atoms with E-state index in [0.29, 0.717) is 47.6 Å². The molecule has 0 spiro atoms. The fourth-order valence-electron chi connectivity index (χ4n) is 4.23. The van der Waals surface area contributed by atoms with E-state index in [4.69, 9.17) is 38.5 Å². The Balaban J connectivity index is 1.52. The summed E-state index contributed by atoms with van der Waals surface area (Å²) < 4.78 is 20.3. The van der Waals surface area contributed by atoms with Crippen molar-refractivity contribution in [3.63, 3.8) is 0 Å². The predicted octanol–water partition coefficient (Wildman–Crippen LogP) is 5.60. The van der Waals surface area contributed by atoms with Gasteiger partial charge in [0.15, 0.2) is 0 Å². The average Bonchev–Trinajstić information content (AvgIpc) is 3.29. The molecule has 35 heavy (non-hydrogen) atoms. The van der Waals surface area contributed by atoms with Gasteiger partial charge in [-0.05, 0) is 54.3 Å². The van der Waals surface area contributed by atoms with E-state index in [0.717, 1.165) is 11.6 Å². The SMILES string of the molecule is N#Cc1ccc(OCCC2CN(C(=O)c3ccc(C#N)cc3F)CC2c2ccc(Cl)c(Cl)c2)nc1. The molecular weight excluding hydrogens is 490 g/mol. The summed E-state index contributed by atoms with van der Waals surface area (Å²) in [4.78, 5) is 18.9. The van der Waals surface area contributed by atoms with Crippen LogP contribution in [0, 0.1) is 34.4 Å². The second kappa shape index (κ2) is 10.7. The second-order valence-corrected chi connectivity index (χ2v) is 9.01. The van der Waals surface area contributed by atoms with E-state index in [1.165, 1.54) is 18.3 Å². The van der Waals surface area contributed by atoms with Gasteiger partial charge < -0.3 is 9.64 Å². The number of nitrogens with zero attached hydrogens (tertiary/aromatic N) is 4. The predicted molar refractivity (Wildman–Crippen MR) is 129 cm³/mol. The highest BCUT2D eigenvalue weighted by molar-refractivity contribution is 6.42. The quantitative estimate of drug-likeness (QED) is 0.432. The first-order chi connectivity index (χ1) is 16.9. The van der Waals surface area contributed by atoms with Crippen molar-refractivity contribution in [1.29, 1.82) is 10.5 Å². The van der Waals surface area contributed by atoms with Crippen molar-refractivity contribution < 1.29 is 13.9 Å². The van der Waals surface area contributed by atoms with E-state index in [-0.39, 0.29) is 23.0 Å². The summed E-state index contributed by atoms with van der Waals surface area (Å²) in [6, 6.07) is 16.4. The molecule has 1 saturated heterocycles. The van der Waals surface area contributed by atoms with Crippen LogP contribution in [0.15, 0.2) is 54.7 Å². The summed E-state index contributed by atoms with van der Waals surface area (Å²) in [7, 11) is 0. The monoisotopic (exact) mass is 508 g/mol. The van der Waals surface area contributed by atoms with E-state index in [1.54, 1.807) is 29.2 Å². The number of hydrogen-bond donors (Lipinski definition) is 0. The molecule has 0 bridgehead atoms. The molecule has 2 unspecified atom stereocenters. The minimum Gasteiger partial charge on any atom is -0.478 e. The first-order valence-electron chi connectivity index (χ1n) is 10.8. The lowest BCUT2D eigenvalue weighted by molar-refractivity contribution is 0.0779. The molecule has 4 rings (SSSR count). The summed E-state index contributed by atoms with van der Waals surface area (Å²) in [6.07, 6.45) is 2.04. The van der Waals surface area contributed by atoms with Crippen LogP contribution in [0.3, 0.4) is 0 Å². The van der Waals surface area contributed by atoms with Gasteiger partial charge in [-0.15, -0.1) is 0 Å². The Morgan fingerprint density at radius 3 is 2.49 bits per heavy atom. The molecule has 2 heterocycles. The molecule has 0 saturated carbocycles. The number of hydrogen-bond acceptors (Lipinski definition) is 5. The molecule has 1 aliphatic heterocycles. The van der Waals surface area contributed by atoms with Gasteiger partial charge in [-0.2, -0.15) is 10.5 Å². The standard InChI is InChI=1S/C26H19Cl2FN4O2/c27-22-5-3-18(10-23(22)28)21-15-33(26(34)20-4-1-16(11-30)9-24(20)29)14-19(21)7-8-35-25-6-2-17(12-31)13-32-25/h1-6,9-10,13,19,21H,7-8,14-15H2. The minimum atomic E-state index is -0.723. The third-order valence-corrected chi connectivity index (χ3v) is 6.77. The molecule has 2 aromatic carbocycles. The lowest BCUT2D eigenvalue weighted by Gasteiger charge is -2.19. The summed E-state index contributed by atoms with van der Waals surface area (Å²) in [5.41, 5.74) is 1.45. The number of halogens is 3. The van der Waals surface area contributed by atoms with Crippen molar-refractivity contribution in [2.45, 2.75) is 12.3 Å². The lowest BCUT2D eigenvalue weighted by Crippen LogP contribution is -2.29. The fraction of sp³-hybridized carbons (Fsp3) is 0.231. The number of rotatable bonds is 6. The summed E-state index contributed by atoms with van der Waals surface area (Å²) in [5, 5.41) is 18.7. The number of pyridine rings is 1. The average molecular weight is 509 g/mol. The van der Waals surface area contributed by atoms with Crippen molar-refractivity contribution in [3.05, 3.63) is 92.8 Å². The van der Waals surface area contributed by atoms with Crippen molar-refractivity contribution in [3.8, 4) is 18.0 Å². The Morgan fingerprint density at radius 2 is 1.83 bits per heavy atom. The first-order valence-corrected chi connectivity index (χ1v) is 11.6. The molecule has 176 valence electrons. The number of benzene rings is 2. The third kappa shape index (κ3) is 5.54. The number of aromatic nitrogens is 1. The molecule has 2 atom stereocenters. The fourth-order valence-corrected chi connectivity index (χ4v) is 4.53. The van der Waals surface area contributed by atoms with E-state index >= 15 is 0 Å². The van der Waals surface area contributed by atoms with Gasteiger partial charge in [0.1, 0.15) is 11.9 Å². The minimum absolute atomic E-state index is 0.0102. The van der Waals surface area contributed by atoms with Crippen LogP contribution in [0.1, 0.15) is 39.4 Å². The van der Waals surface area contributed by atoms with Crippen molar-refractivity contribution in [2.75, 3.05) is 19.7 Å². The normalized spacial score (nSPS) is 17.0. The van der Waals surface area contributed by atoms with Crippen LogP contribution in [-0.2, 0) is 0 Å². The van der Waals surface area contributed by atoms with Gasteiger partial charge in [-0.3, -0.25) is 4.79 Å². The second-order valence-electron chi connectivity index (χ2n) is 8.19. The van der Waals surface area contributed by atoms with E-state index in [9.17, 15) is 9.18 Å². The molecule has 0 radical (unpaired) electrons. The number of likely N-dealkylation sites (tertiary alicyclic amines) is 1. The van der Waals surface area contributed by atoms with Gasteiger partial charge in [-0.25, -0.2) is 9.37 Å². The zero-order chi connectivity index (χ0) is 24.9. The van der Waals surface area contributed by atoms with Crippen LogP contribution >= 0.6 is 23.2 Å². The van der Waals surface area contributed by atoms with Crippen LogP contribution < -0.4 is 4.74 Å². The smallest absolute Gasteiger partial charge is 0.256 e. The highest BCUT2D eigenvalue weighted by atomic mass is 35.5. The number of carbonyl (C=O) groups is 1. The van der Waals surface area contributed by atoms with Gasteiger partial charge in [0.25, 0.3) is 5.91 Å². The third-order valence-electron chi connectivity index (χ3n) is 6.03. The lowest BCUT2D eigenvalue weighted by atomic mass is 9.87. The molecular formula is C26H19Cl2FN4O2. The van der Waals surface area contributed by atoms with Gasteiger partial charge in [0, 0.05) is 31.3 Å². The molecule has 0 aliphatic carbocycles. The van der Waals surface area contributed by atoms with Crippen LogP contribution in [0.2, 0.25) is 10.0 Å². The zero-order valence-electron chi connectivity index (χ0n) is 18.4. The molecule has 1 amide bonds. The Morgan fingerprint density at radius 1 is 1.06 bits per heavy atom. The van der Waals surface area contributed by atoms with Crippen molar-refractivity contribution in [1.82, 2.24) is 9.88 Å². The van der Waals surface area contributed by atoms with Gasteiger partial charge in [-0.1, -0.05) is 29.3 Å². The van der Waals surface area contributed by atoms with E-state index < -0.39 is 11.7 Å². The number of nitriles is 2. The maximum atomic E-state index is 14.5. The molecule has 9 heteroatoms. The van der Waals surface area contributed by atoms with Crippen molar-refractivity contribution >= 4 is 29.1 Å². The number of carbonyl (C=O) groups excluding carboxylic acids is 1. The molecule has 6 nitrogen and oxygen atoms in total. The molecule has 1 fully saturated rings. The Bertz CT molecular complexity index is 1330. The molecule has 1 aromatic heterocycles. The van der Waals surface area contributed by atoms with Crippen LogP contribution in [0.5, 0.6) is 5.88 Å². The van der Waals surface area contributed by atoms with Crippen LogP contribution in [-0.4, -0.2) is 35.5 Å². The summed E-state index contributed by atoms with van der Waals surface area (Å²) >= 11 is 12.3. The molecule has 3 aromatic rings. The highest BCUT2D eigenvalue weighted by Crippen LogP contribution is 2.38. The maximum absolute atomic E-state index is 14.5. The summed E-state index contributed by atoms with van der Waals surface area (Å²) in [6.45, 7) is 1.11. The largest absolute Gasteiger partial charge is 0.478 e. The highest BCUT2D eigenvalue weighted by Gasteiger charge is 2.37. The molecule has 0 N–H and O–H groups in total. The first kappa shape index (κ1) is 24.5. The van der Waals surface area contributed by atoms with Gasteiger partial charge in [0.05, 0.1) is 39.4 Å².